The second kappa shape index (κ2) is 7.36. The number of nitrogens with zero attached hydrogens (tertiary/aromatic N) is 1. The minimum absolute atomic E-state index is 0.0438. The average Bonchev–Trinajstić information content (AvgIpc) is 3.03. The van der Waals surface area contributed by atoms with Crippen LogP contribution in [0.5, 0.6) is 0 Å². The molecule has 1 N–H and O–H groups in total. The fourth-order valence-corrected chi connectivity index (χ4v) is 4.37. The molecule has 1 aliphatic heterocycles. The number of hydrogen-bond donors (Lipinski definition) is 1. The Morgan fingerprint density at radius 2 is 1.92 bits per heavy atom. The van der Waals surface area contributed by atoms with Crippen LogP contribution in [-0.2, 0) is 15.8 Å². The summed E-state index contributed by atoms with van der Waals surface area (Å²) in [6.07, 6.45) is 1.02. The SMILES string of the molecule is Cc1cccc(N2CCC(CNS(=O)(=O)Cc3ccccc3)C2)c1. The minimum atomic E-state index is -3.28. The molecule has 4 nitrogen and oxygen atoms in total. The van der Waals surface area contributed by atoms with E-state index in [1.807, 2.05) is 30.3 Å². The highest BCUT2D eigenvalue weighted by molar-refractivity contribution is 7.88. The van der Waals surface area contributed by atoms with Gasteiger partial charge in [-0.1, -0.05) is 42.5 Å². The van der Waals surface area contributed by atoms with Crippen molar-refractivity contribution in [3.63, 3.8) is 0 Å². The fourth-order valence-electron chi connectivity index (χ4n) is 3.15. The highest BCUT2D eigenvalue weighted by Gasteiger charge is 2.24. The van der Waals surface area contributed by atoms with Gasteiger partial charge in [0.25, 0.3) is 0 Å². The molecule has 0 bridgehead atoms. The van der Waals surface area contributed by atoms with Crippen molar-refractivity contribution in [3.8, 4) is 0 Å². The van der Waals surface area contributed by atoms with E-state index in [0.717, 1.165) is 25.1 Å². The Balaban J connectivity index is 1.52. The molecule has 128 valence electrons. The highest BCUT2D eigenvalue weighted by atomic mass is 32.2. The van der Waals surface area contributed by atoms with E-state index in [9.17, 15) is 8.42 Å². The summed E-state index contributed by atoms with van der Waals surface area (Å²) in [6.45, 7) is 4.48. The maximum Gasteiger partial charge on any atom is 0.215 e. The first kappa shape index (κ1) is 17.0. The van der Waals surface area contributed by atoms with E-state index in [0.29, 0.717) is 12.5 Å². The molecule has 0 amide bonds. The van der Waals surface area contributed by atoms with E-state index < -0.39 is 10.0 Å². The Hall–Kier alpha value is -1.85. The Bertz CT molecular complexity index is 775. The molecule has 0 aromatic heterocycles. The quantitative estimate of drug-likeness (QED) is 0.876. The number of rotatable bonds is 6. The Morgan fingerprint density at radius 3 is 2.67 bits per heavy atom. The average molecular weight is 344 g/mol. The number of sulfonamides is 1. The van der Waals surface area contributed by atoms with Gasteiger partial charge >= 0.3 is 0 Å². The maximum atomic E-state index is 12.2. The van der Waals surface area contributed by atoms with Gasteiger partial charge in [0.2, 0.25) is 10.0 Å². The van der Waals surface area contributed by atoms with Crippen molar-refractivity contribution >= 4 is 15.7 Å². The third kappa shape index (κ3) is 4.58. The lowest BCUT2D eigenvalue weighted by atomic mass is 10.1. The van der Waals surface area contributed by atoms with Gasteiger partial charge in [0.05, 0.1) is 5.75 Å². The summed E-state index contributed by atoms with van der Waals surface area (Å²) in [4.78, 5) is 2.34. The number of anilines is 1. The summed E-state index contributed by atoms with van der Waals surface area (Å²) >= 11 is 0. The maximum absolute atomic E-state index is 12.2. The van der Waals surface area contributed by atoms with Crippen LogP contribution in [0.15, 0.2) is 54.6 Å². The van der Waals surface area contributed by atoms with Crippen LogP contribution in [0.1, 0.15) is 17.5 Å². The van der Waals surface area contributed by atoms with E-state index in [1.54, 1.807) is 0 Å². The third-order valence-electron chi connectivity index (χ3n) is 4.44. The van der Waals surface area contributed by atoms with Gasteiger partial charge in [0.1, 0.15) is 0 Å². The zero-order valence-corrected chi connectivity index (χ0v) is 14.8. The van der Waals surface area contributed by atoms with Crippen molar-refractivity contribution in [2.75, 3.05) is 24.5 Å². The van der Waals surface area contributed by atoms with Crippen molar-refractivity contribution in [3.05, 3.63) is 65.7 Å². The van der Waals surface area contributed by atoms with Crippen molar-refractivity contribution in [1.29, 1.82) is 0 Å². The summed E-state index contributed by atoms with van der Waals surface area (Å²) < 4.78 is 27.2. The van der Waals surface area contributed by atoms with Crippen LogP contribution in [0.25, 0.3) is 0 Å². The normalized spacial score (nSPS) is 18.0. The smallest absolute Gasteiger partial charge is 0.215 e. The summed E-state index contributed by atoms with van der Waals surface area (Å²) in [7, 11) is -3.28. The standard InChI is InChI=1S/C19H24N2O2S/c1-16-6-5-9-19(12-16)21-11-10-18(14-21)13-20-24(22,23)15-17-7-3-2-4-8-17/h2-9,12,18,20H,10-11,13-15H2,1H3. The van der Waals surface area contributed by atoms with Gasteiger partial charge in [-0.3, -0.25) is 0 Å². The van der Waals surface area contributed by atoms with Crippen LogP contribution in [-0.4, -0.2) is 28.1 Å². The van der Waals surface area contributed by atoms with E-state index >= 15 is 0 Å². The van der Waals surface area contributed by atoms with Crippen LogP contribution in [0.4, 0.5) is 5.69 Å². The lowest BCUT2D eigenvalue weighted by molar-refractivity contribution is 0.541. The molecule has 1 unspecified atom stereocenters. The van der Waals surface area contributed by atoms with Gasteiger partial charge in [0.15, 0.2) is 0 Å². The van der Waals surface area contributed by atoms with Gasteiger partial charge in [-0.2, -0.15) is 0 Å². The molecule has 3 rings (SSSR count). The lowest BCUT2D eigenvalue weighted by Crippen LogP contribution is -2.31. The summed E-state index contributed by atoms with van der Waals surface area (Å²) in [5.41, 5.74) is 3.29. The number of benzene rings is 2. The van der Waals surface area contributed by atoms with Crippen LogP contribution < -0.4 is 9.62 Å². The molecule has 24 heavy (non-hydrogen) atoms. The molecule has 1 saturated heterocycles. The van der Waals surface area contributed by atoms with E-state index in [1.165, 1.54) is 11.3 Å². The Labute approximate surface area is 144 Å². The molecule has 1 aliphatic rings. The Kier molecular flexibility index (Phi) is 5.21. The largest absolute Gasteiger partial charge is 0.371 e. The van der Waals surface area contributed by atoms with Crippen LogP contribution in [0.3, 0.4) is 0 Å². The molecule has 0 spiro atoms. The fraction of sp³-hybridized carbons (Fsp3) is 0.368. The molecule has 5 heteroatoms. The summed E-state index contributed by atoms with van der Waals surface area (Å²) in [6, 6.07) is 17.8. The van der Waals surface area contributed by atoms with Crippen molar-refractivity contribution in [2.24, 2.45) is 5.92 Å². The Morgan fingerprint density at radius 1 is 1.12 bits per heavy atom. The van der Waals surface area contributed by atoms with Gasteiger partial charge in [-0.15, -0.1) is 0 Å². The van der Waals surface area contributed by atoms with E-state index in [4.69, 9.17) is 0 Å². The molecule has 1 atom stereocenters. The van der Waals surface area contributed by atoms with Gasteiger partial charge in [-0.05, 0) is 42.5 Å². The summed E-state index contributed by atoms with van der Waals surface area (Å²) in [5.74, 6) is 0.401. The van der Waals surface area contributed by atoms with E-state index in [2.05, 4.69) is 40.8 Å². The second-order valence-corrected chi connectivity index (χ2v) is 8.34. The first-order valence-electron chi connectivity index (χ1n) is 8.35. The molecular weight excluding hydrogens is 320 g/mol. The van der Waals surface area contributed by atoms with Crippen LogP contribution in [0, 0.1) is 12.8 Å². The predicted molar refractivity (Wildman–Crippen MR) is 98.6 cm³/mol. The number of nitrogens with one attached hydrogen (secondary N) is 1. The van der Waals surface area contributed by atoms with Crippen molar-refractivity contribution in [2.45, 2.75) is 19.1 Å². The zero-order valence-electron chi connectivity index (χ0n) is 14.0. The topological polar surface area (TPSA) is 49.4 Å². The van der Waals surface area contributed by atoms with Gasteiger partial charge < -0.3 is 4.90 Å². The first-order chi connectivity index (χ1) is 11.5. The van der Waals surface area contributed by atoms with Crippen molar-refractivity contribution < 1.29 is 8.42 Å². The lowest BCUT2D eigenvalue weighted by Gasteiger charge is -2.19. The first-order valence-corrected chi connectivity index (χ1v) is 10.00. The van der Waals surface area contributed by atoms with E-state index in [-0.39, 0.29) is 5.75 Å². The molecule has 1 fully saturated rings. The number of hydrogen-bond acceptors (Lipinski definition) is 3. The highest BCUT2D eigenvalue weighted by Crippen LogP contribution is 2.24. The van der Waals surface area contributed by atoms with Gasteiger partial charge in [-0.25, -0.2) is 13.1 Å². The van der Waals surface area contributed by atoms with Crippen LogP contribution >= 0.6 is 0 Å². The predicted octanol–water partition coefficient (Wildman–Crippen LogP) is 2.94. The molecule has 0 aliphatic carbocycles. The zero-order chi connectivity index (χ0) is 17.0. The monoisotopic (exact) mass is 344 g/mol. The molecule has 2 aromatic rings. The van der Waals surface area contributed by atoms with Crippen molar-refractivity contribution in [1.82, 2.24) is 4.72 Å². The third-order valence-corrected chi connectivity index (χ3v) is 5.76. The molecule has 0 radical (unpaired) electrons. The van der Waals surface area contributed by atoms with Gasteiger partial charge in [0, 0.05) is 25.3 Å². The van der Waals surface area contributed by atoms with Crippen LogP contribution in [0.2, 0.25) is 0 Å². The summed E-state index contributed by atoms with van der Waals surface area (Å²) in [5, 5.41) is 0. The molecule has 2 aromatic carbocycles. The second-order valence-electron chi connectivity index (χ2n) is 6.53. The molecular formula is C19H24N2O2S. The minimum Gasteiger partial charge on any atom is -0.371 e. The number of aryl methyl sites for hydroxylation is 1. The molecule has 1 heterocycles. The molecule has 0 saturated carbocycles.